The lowest BCUT2D eigenvalue weighted by Crippen LogP contribution is -2.16. The van der Waals surface area contributed by atoms with Crippen molar-refractivity contribution in [3.63, 3.8) is 0 Å². The van der Waals surface area contributed by atoms with Gasteiger partial charge in [0.25, 0.3) is 5.56 Å². The third kappa shape index (κ3) is 2.55. The van der Waals surface area contributed by atoms with Crippen LogP contribution in [-0.2, 0) is 6.61 Å². The van der Waals surface area contributed by atoms with E-state index in [0.717, 1.165) is 10.8 Å². The summed E-state index contributed by atoms with van der Waals surface area (Å²) in [6.45, 7) is 4.14. The van der Waals surface area contributed by atoms with E-state index in [9.17, 15) is 4.79 Å². The van der Waals surface area contributed by atoms with Gasteiger partial charge in [0.1, 0.15) is 17.4 Å². The first kappa shape index (κ1) is 12.8. The highest BCUT2D eigenvalue weighted by atomic mass is 32.1. The number of hydrogen-bond acceptors (Lipinski definition) is 5. The second-order valence-corrected chi connectivity index (χ2v) is 5.66. The van der Waals surface area contributed by atoms with Crippen molar-refractivity contribution in [2.45, 2.75) is 20.5 Å². The predicted molar refractivity (Wildman–Crippen MR) is 77.4 cm³/mol. The van der Waals surface area contributed by atoms with Crippen molar-refractivity contribution in [3.05, 3.63) is 57.0 Å². The molecule has 102 valence electrons. The number of hydrogen-bond donors (Lipinski definition) is 0. The number of aromatic nitrogens is 3. The van der Waals surface area contributed by atoms with Crippen LogP contribution in [0.25, 0.3) is 4.96 Å². The molecule has 0 spiro atoms. The Labute approximate surface area is 119 Å². The molecule has 0 aliphatic heterocycles. The van der Waals surface area contributed by atoms with Gasteiger partial charge in [0.05, 0.1) is 5.69 Å². The summed E-state index contributed by atoms with van der Waals surface area (Å²) in [6.07, 6.45) is 0. The fraction of sp³-hybridized carbons (Fsp3) is 0.214. The molecule has 3 aromatic rings. The van der Waals surface area contributed by atoms with Crippen LogP contribution < -0.4 is 10.3 Å². The molecule has 0 saturated carbocycles. The van der Waals surface area contributed by atoms with Crippen LogP contribution in [0.1, 0.15) is 16.3 Å². The van der Waals surface area contributed by atoms with Crippen LogP contribution in [0.15, 0.2) is 35.1 Å². The molecule has 0 radical (unpaired) electrons. The fourth-order valence-electron chi connectivity index (χ4n) is 1.82. The minimum Gasteiger partial charge on any atom is -0.487 e. The maximum absolute atomic E-state index is 11.9. The molecule has 2 aromatic heterocycles. The second kappa shape index (κ2) is 5.05. The molecule has 0 aliphatic rings. The Kier molecular flexibility index (Phi) is 3.23. The molecule has 0 N–H and O–H groups in total. The lowest BCUT2D eigenvalue weighted by Gasteiger charge is -2.05. The SMILES string of the molecule is Cc1ccc(OCc2cc(=O)n3nc(C)sc3n2)cc1. The van der Waals surface area contributed by atoms with Crippen LogP contribution in [-0.4, -0.2) is 14.6 Å². The van der Waals surface area contributed by atoms with Gasteiger partial charge < -0.3 is 4.74 Å². The van der Waals surface area contributed by atoms with Gasteiger partial charge in [-0.15, -0.1) is 0 Å². The summed E-state index contributed by atoms with van der Waals surface area (Å²) in [5, 5.41) is 4.91. The van der Waals surface area contributed by atoms with Crippen molar-refractivity contribution >= 4 is 16.3 Å². The molecule has 5 nitrogen and oxygen atoms in total. The van der Waals surface area contributed by atoms with Gasteiger partial charge in [0.2, 0.25) is 4.96 Å². The third-order valence-corrected chi connectivity index (χ3v) is 3.63. The first-order valence-electron chi connectivity index (χ1n) is 6.18. The number of aryl methyl sites for hydroxylation is 2. The summed E-state index contributed by atoms with van der Waals surface area (Å²) in [5.74, 6) is 0.762. The van der Waals surface area contributed by atoms with Crippen LogP contribution in [0, 0.1) is 13.8 Å². The van der Waals surface area contributed by atoms with Gasteiger partial charge in [-0.3, -0.25) is 4.79 Å². The Hall–Kier alpha value is -2.21. The van der Waals surface area contributed by atoms with Crippen LogP contribution in [0.2, 0.25) is 0 Å². The molecular formula is C14H13N3O2S. The highest BCUT2D eigenvalue weighted by molar-refractivity contribution is 7.16. The van der Waals surface area contributed by atoms with Gasteiger partial charge in [0.15, 0.2) is 0 Å². The summed E-state index contributed by atoms with van der Waals surface area (Å²) in [6, 6.07) is 9.22. The van der Waals surface area contributed by atoms with E-state index in [1.165, 1.54) is 27.5 Å². The summed E-state index contributed by atoms with van der Waals surface area (Å²) >= 11 is 1.39. The van der Waals surface area contributed by atoms with E-state index in [2.05, 4.69) is 10.1 Å². The number of ether oxygens (including phenoxy) is 1. The number of nitrogens with zero attached hydrogens (tertiary/aromatic N) is 3. The van der Waals surface area contributed by atoms with Gasteiger partial charge in [-0.25, -0.2) is 4.98 Å². The van der Waals surface area contributed by atoms with E-state index in [-0.39, 0.29) is 12.2 Å². The molecule has 2 heterocycles. The Morgan fingerprint density at radius 2 is 2.00 bits per heavy atom. The van der Waals surface area contributed by atoms with Gasteiger partial charge in [-0.05, 0) is 26.0 Å². The number of benzene rings is 1. The second-order valence-electron chi connectivity index (χ2n) is 4.50. The largest absolute Gasteiger partial charge is 0.487 e. The summed E-state index contributed by atoms with van der Waals surface area (Å²) in [7, 11) is 0. The topological polar surface area (TPSA) is 56.5 Å². The quantitative estimate of drug-likeness (QED) is 0.742. The van der Waals surface area contributed by atoms with E-state index in [1.54, 1.807) is 0 Å². The van der Waals surface area contributed by atoms with Gasteiger partial charge in [-0.1, -0.05) is 29.0 Å². The van der Waals surface area contributed by atoms with Gasteiger partial charge in [0, 0.05) is 6.07 Å². The Morgan fingerprint density at radius 1 is 1.25 bits per heavy atom. The molecule has 0 amide bonds. The molecule has 20 heavy (non-hydrogen) atoms. The minimum absolute atomic E-state index is 0.179. The Morgan fingerprint density at radius 3 is 2.75 bits per heavy atom. The zero-order chi connectivity index (χ0) is 14.1. The molecular weight excluding hydrogens is 274 g/mol. The highest BCUT2D eigenvalue weighted by Crippen LogP contribution is 2.14. The molecule has 0 saturated heterocycles. The standard InChI is InChI=1S/C14H13N3O2S/c1-9-3-5-12(6-4-9)19-8-11-7-13(18)17-14(15-11)20-10(2)16-17/h3-7H,8H2,1-2H3. The molecule has 0 atom stereocenters. The van der Waals surface area contributed by atoms with E-state index >= 15 is 0 Å². The maximum atomic E-state index is 11.9. The molecule has 0 unspecified atom stereocenters. The lowest BCUT2D eigenvalue weighted by atomic mass is 10.2. The van der Waals surface area contributed by atoms with Crippen molar-refractivity contribution in [3.8, 4) is 5.75 Å². The number of rotatable bonds is 3. The molecule has 0 bridgehead atoms. The molecule has 0 aliphatic carbocycles. The predicted octanol–water partition coefficient (Wildman–Crippen LogP) is 2.35. The summed E-state index contributed by atoms with van der Waals surface area (Å²) in [5.41, 5.74) is 1.61. The van der Waals surface area contributed by atoms with Crippen molar-refractivity contribution in [2.75, 3.05) is 0 Å². The normalized spacial score (nSPS) is 10.9. The molecule has 1 aromatic carbocycles. The summed E-state index contributed by atoms with van der Waals surface area (Å²) in [4.78, 5) is 16.9. The van der Waals surface area contributed by atoms with Crippen LogP contribution in [0.3, 0.4) is 0 Å². The highest BCUT2D eigenvalue weighted by Gasteiger charge is 2.07. The molecule has 3 rings (SSSR count). The first-order valence-corrected chi connectivity index (χ1v) is 6.99. The molecule has 0 fully saturated rings. The monoisotopic (exact) mass is 287 g/mol. The Balaban J connectivity index is 1.84. The zero-order valence-electron chi connectivity index (χ0n) is 11.2. The van der Waals surface area contributed by atoms with Crippen molar-refractivity contribution in [1.82, 2.24) is 14.6 Å². The molecule has 6 heteroatoms. The van der Waals surface area contributed by atoms with Gasteiger partial charge >= 0.3 is 0 Å². The van der Waals surface area contributed by atoms with E-state index in [1.807, 2.05) is 38.1 Å². The maximum Gasteiger partial charge on any atom is 0.275 e. The van der Waals surface area contributed by atoms with E-state index in [0.29, 0.717) is 10.7 Å². The zero-order valence-corrected chi connectivity index (χ0v) is 12.0. The lowest BCUT2D eigenvalue weighted by molar-refractivity contribution is 0.301. The van der Waals surface area contributed by atoms with Crippen LogP contribution in [0.4, 0.5) is 0 Å². The average Bonchev–Trinajstić information content (AvgIpc) is 2.79. The van der Waals surface area contributed by atoms with Crippen LogP contribution >= 0.6 is 11.3 Å². The van der Waals surface area contributed by atoms with Gasteiger partial charge in [-0.2, -0.15) is 9.61 Å². The average molecular weight is 287 g/mol. The summed E-state index contributed by atoms with van der Waals surface area (Å²) < 4.78 is 6.95. The Bertz CT molecular complexity index is 805. The van der Waals surface area contributed by atoms with E-state index in [4.69, 9.17) is 4.74 Å². The fourth-order valence-corrected chi connectivity index (χ4v) is 2.58. The minimum atomic E-state index is -0.179. The smallest absolute Gasteiger partial charge is 0.275 e. The van der Waals surface area contributed by atoms with Crippen molar-refractivity contribution in [1.29, 1.82) is 0 Å². The number of fused-ring (bicyclic) bond motifs is 1. The van der Waals surface area contributed by atoms with Crippen molar-refractivity contribution < 1.29 is 4.74 Å². The third-order valence-electron chi connectivity index (χ3n) is 2.81. The van der Waals surface area contributed by atoms with E-state index < -0.39 is 0 Å². The van der Waals surface area contributed by atoms with Crippen LogP contribution in [0.5, 0.6) is 5.75 Å². The van der Waals surface area contributed by atoms with Crippen molar-refractivity contribution in [2.24, 2.45) is 0 Å². The first-order chi connectivity index (χ1) is 9.61.